The number of aromatic amines is 1. The van der Waals surface area contributed by atoms with Gasteiger partial charge in [0, 0.05) is 87.8 Å². The van der Waals surface area contributed by atoms with Gasteiger partial charge in [-0.2, -0.15) is 0 Å². The quantitative estimate of drug-likeness (QED) is 0.130. The van der Waals surface area contributed by atoms with Gasteiger partial charge in [0.15, 0.2) is 0 Å². The molecule has 4 aromatic rings. The molecule has 3 saturated heterocycles. The summed E-state index contributed by atoms with van der Waals surface area (Å²) in [5.41, 5.74) is 2.19. The maximum Gasteiger partial charge on any atom is 0.573 e. The van der Waals surface area contributed by atoms with Crippen molar-refractivity contribution in [3.63, 3.8) is 0 Å². The van der Waals surface area contributed by atoms with Crippen molar-refractivity contribution < 1.29 is 51.7 Å². The highest BCUT2D eigenvalue weighted by atomic mass is 19.4. The van der Waals surface area contributed by atoms with E-state index in [2.05, 4.69) is 25.3 Å². The number of H-pyrrole nitrogens is 1. The van der Waals surface area contributed by atoms with E-state index < -0.39 is 41.7 Å². The molecule has 8 rings (SSSR count). The van der Waals surface area contributed by atoms with Crippen LogP contribution >= 0.6 is 0 Å². The lowest BCUT2D eigenvalue weighted by molar-refractivity contribution is -0.274. The molecule has 0 saturated carbocycles. The Bertz CT molecular complexity index is 2490. The van der Waals surface area contributed by atoms with Crippen molar-refractivity contribution in [2.75, 3.05) is 78.1 Å². The summed E-state index contributed by atoms with van der Waals surface area (Å²) in [6, 6.07) is 11.6. The molecule has 0 aliphatic carbocycles. The van der Waals surface area contributed by atoms with E-state index in [1.807, 2.05) is 25.1 Å². The number of imidazole rings is 1. The minimum Gasteiger partial charge on any atom is -0.453 e. The third-order valence-corrected chi connectivity index (χ3v) is 13.3. The molecular formula is C47H57F3N8O8. The normalized spacial score (nSPS) is 19.8. The van der Waals surface area contributed by atoms with E-state index in [9.17, 15) is 37.5 Å². The molecule has 4 aliphatic rings. The molecule has 0 radical (unpaired) electrons. The number of alkyl halides is 3. The van der Waals surface area contributed by atoms with Crippen molar-refractivity contribution in [1.82, 2.24) is 34.9 Å². The van der Waals surface area contributed by atoms with Gasteiger partial charge in [-0.1, -0.05) is 29.8 Å². The van der Waals surface area contributed by atoms with Gasteiger partial charge in [-0.05, 0) is 87.6 Å². The number of methoxy groups -OCH3 is 1. The van der Waals surface area contributed by atoms with Gasteiger partial charge >= 0.3 is 18.5 Å². The lowest BCUT2D eigenvalue weighted by atomic mass is 9.90. The first-order valence-corrected chi connectivity index (χ1v) is 22.4. The van der Waals surface area contributed by atoms with Crippen molar-refractivity contribution >= 4 is 51.4 Å². The lowest BCUT2D eigenvalue weighted by Gasteiger charge is -2.43. The van der Waals surface area contributed by atoms with Gasteiger partial charge in [-0.3, -0.25) is 14.5 Å². The number of carbonyl (C=O) groups excluding carboxylic acids is 4. The van der Waals surface area contributed by atoms with Crippen molar-refractivity contribution in [2.24, 2.45) is 11.3 Å². The second-order valence-corrected chi connectivity index (χ2v) is 18.3. The highest BCUT2D eigenvalue weighted by molar-refractivity contribution is 6.05. The van der Waals surface area contributed by atoms with E-state index in [0.717, 1.165) is 23.8 Å². The van der Waals surface area contributed by atoms with E-state index in [-0.39, 0.29) is 41.6 Å². The maximum absolute atomic E-state index is 14.2. The number of rotatable bonds is 10. The van der Waals surface area contributed by atoms with Crippen LogP contribution in [0.5, 0.6) is 5.75 Å². The second kappa shape index (κ2) is 19.1. The highest BCUT2D eigenvalue weighted by Crippen LogP contribution is 2.39. The summed E-state index contributed by atoms with van der Waals surface area (Å²) >= 11 is 0. The number of halogens is 3. The predicted molar refractivity (Wildman–Crippen MR) is 239 cm³/mol. The molecule has 2 atom stereocenters. The zero-order valence-corrected chi connectivity index (χ0v) is 37.6. The van der Waals surface area contributed by atoms with Gasteiger partial charge in [0.1, 0.15) is 23.7 Å². The van der Waals surface area contributed by atoms with Crippen LogP contribution in [0.3, 0.4) is 0 Å². The van der Waals surface area contributed by atoms with Crippen molar-refractivity contribution in [3.05, 3.63) is 66.0 Å². The van der Waals surface area contributed by atoms with Crippen LogP contribution in [0, 0.1) is 11.3 Å². The average molecular weight is 919 g/mol. The molecule has 16 nitrogen and oxygen atoms in total. The minimum absolute atomic E-state index is 0.0600. The number of nitrogens with one attached hydrogen (secondary N) is 3. The number of ether oxygens (including phenoxy) is 3. The van der Waals surface area contributed by atoms with Gasteiger partial charge in [-0.25, -0.2) is 14.6 Å². The van der Waals surface area contributed by atoms with Crippen molar-refractivity contribution in [2.45, 2.75) is 70.9 Å². The van der Waals surface area contributed by atoms with Crippen LogP contribution in [0.25, 0.3) is 32.9 Å². The first kappa shape index (κ1) is 46.6. The highest BCUT2D eigenvalue weighted by Gasteiger charge is 2.40. The Balaban J connectivity index is 0.960. The van der Waals surface area contributed by atoms with E-state index in [0.29, 0.717) is 99.7 Å². The largest absolute Gasteiger partial charge is 0.573 e. The van der Waals surface area contributed by atoms with E-state index in [4.69, 9.17) is 14.5 Å². The third kappa shape index (κ3) is 10.1. The number of fused-ring (bicyclic) bond motifs is 3. The van der Waals surface area contributed by atoms with Crippen LogP contribution in [-0.2, 0) is 19.1 Å². The first-order valence-electron chi connectivity index (χ1n) is 22.4. The number of anilines is 1. The summed E-state index contributed by atoms with van der Waals surface area (Å²) in [5, 5.41) is 16.6. The van der Waals surface area contributed by atoms with Crippen molar-refractivity contribution in [3.8, 4) is 16.9 Å². The SMILES string of the molecule is COC(=O)N[C@H](C(=O)N1CC(C)=C[C@H]1c1nc2c(ccc3cc(-c4ccc(NC(=O)N5CCN(C6CCN(C(=O)C(C)(C)CO)CC6)CC5)cc4OC(F)(F)F)ccc32)[nH]1)C1CCOCC1. The number of hydrogen-bond acceptors (Lipinski definition) is 10. The zero-order chi connectivity index (χ0) is 46.9. The van der Waals surface area contributed by atoms with E-state index in [1.54, 1.807) is 52.8 Å². The molecule has 4 aliphatic heterocycles. The van der Waals surface area contributed by atoms with Crippen LogP contribution in [-0.4, -0.2) is 150 Å². The number of nitrogens with zero attached hydrogens (tertiary/aromatic N) is 5. The molecule has 0 spiro atoms. The van der Waals surface area contributed by atoms with Crippen LogP contribution < -0.4 is 15.4 Å². The molecule has 5 amide bonds. The molecule has 5 heterocycles. The van der Waals surface area contributed by atoms with Gasteiger partial charge in [0.2, 0.25) is 11.8 Å². The van der Waals surface area contributed by atoms with Crippen LogP contribution in [0.4, 0.5) is 28.4 Å². The minimum atomic E-state index is -5.01. The predicted octanol–water partition coefficient (Wildman–Crippen LogP) is 6.42. The molecular weight excluding hydrogens is 862 g/mol. The number of urea groups is 1. The summed E-state index contributed by atoms with van der Waals surface area (Å²) in [6.45, 7) is 9.77. The molecule has 3 aromatic carbocycles. The number of piperazine rings is 1. The Morgan fingerprint density at radius 3 is 2.35 bits per heavy atom. The van der Waals surface area contributed by atoms with Crippen LogP contribution in [0.1, 0.15) is 58.3 Å². The topological polar surface area (TPSA) is 182 Å². The molecule has 0 bridgehead atoms. The standard InChI is InChI=1S/C47H57F3N8O8/c1-28-23-37(58(26-28)42(60)39(54-45(63)64-4)29-13-21-65-22-14-29)41-52-36-10-6-31-24-30(5-8-35(31)40(36)53-41)34-9-7-32(25-38(34)66-47(48,49)50)51-44(62)57-19-17-55(18-20-57)33-11-15-56(16-12-33)43(61)46(2,3)27-59/h5-10,23-25,29,33,37,39,59H,11-22,26-27H2,1-4H3,(H,51,62)(H,52,53)(H,54,63)/t37-,39-/m0/s1. The number of alkyl carbamates (subject to hydrolysis) is 1. The monoisotopic (exact) mass is 918 g/mol. The fraction of sp³-hybridized carbons (Fsp3) is 0.511. The maximum atomic E-state index is 14.2. The summed E-state index contributed by atoms with van der Waals surface area (Å²) in [7, 11) is 1.26. The van der Waals surface area contributed by atoms with Crippen LogP contribution in [0.15, 0.2) is 60.2 Å². The summed E-state index contributed by atoms with van der Waals surface area (Å²) in [4.78, 5) is 68.6. The fourth-order valence-electron chi connectivity index (χ4n) is 9.61. The molecule has 19 heteroatoms. The molecule has 0 unspecified atom stereocenters. The van der Waals surface area contributed by atoms with E-state index in [1.165, 1.54) is 19.2 Å². The summed E-state index contributed by atoms with van der Waals surface area (Å²) in [5.74, 6) is -0.419. The number of carbonyl (C=O) groups is 4. The van der Waals surface area contributed by atoms with Crippen molar-refractivity contribution in [1.29, 1.82) is 0 Å². The number of likely N-dealkylation sites (tertiary alicyclic amines) is 1. The molecule has 4 N–H and O–H groups in total. The zero-order valence-electron chi connectivity index (χ0n) is 37.6. The lowest BCUT2D eigenvalue weighted by Crippen LogP contribution is -2.56. The molecule has 1 aromatic heterocycles. The number of aliphatic hydroxyl groups is 1. The number of aromatic nitrogens is 2. The van der Waals surface area contributed by atoms with Gasteiger partial charge in [0.05, 0.1) is 30.2 Å². The third-order valence-electron chi connectivity index (χ3n) is 13.3. The Morgan fingerprint density at radius 1 is 0.939 bits per heavy atom. The van der Waals surface area contributed by atoms with E-state index >= 15 is 0 Å². The summed E-state index contributed by atoms with van der Waals surface area (Å²) < 4.78 is 56.6. The van der Waals surface area contributed by atoms with Crippen LogP contribution in [0.2, 0.25) is 0 Å². The smallest absolute Gasteiger partial charge is 0.453 e. The van der Waals surface area contributed by atoms with Gasteiger partial charge in [-0.15, -0.1) is 13.2 Å². The number of benzene rings is 3. The second-order valence-electron chi connectivity index (χ2n) is 18.3. The fourth-order valence-corrected chi connectivity index (χ4v) is 9.61. The number of piperidine rings is 1. The Labute approximate surface area is 380 Å². The Morgan fingerprint density at radius 2 is 1.67 bits per heavy atom. The average Bonchev–Trinajstić information content (AvgIpc) is 3.94. The van der Waals surface area contributed by atoms with Gasteiger partial charge < -0.3 is 49.6 Å². The Hall–Kier alpha value is -5.92. The number of aliphatic hydroxyl groups excluding tert-OH is 1. The number of amides is 5. The first-order chi connectivity index (χ1) is 31.5. The number of hydrogen-bond donors (Lipinski definition) is 4. The molecule has 66 heavy (non-hydrogen) atoms. The summed E-state index contributed by atoms with van der Waals surface area (Å²) in [6.07, 6.45) is -0.955. The Kier molecular flexibility index (Phi) is 13.5. The molecule has 354 valence electrons. The molecule has 3 fully saturated rings. The van der Waals surface area contributed by atoms with Gasteiger partial charge in [0.25, 0.3) is 0 Å².